The fourth-order valence-corrected chi connectivity index (χ4v) is 1.42. The van der Waals surface area contributed by atoms with Crippen LogP contribution in [-0.4, -0.2) is 11.0 Å². The largest absolute Gasteiger partial charge is 0.318 e. The zero-order valence-corrected chi connectivity index (χ0v) is 10.2. The topological polar surface area (TPSA) is 38.9 Å². The summed E-state index contributed by atoms with van der Waals surface area (Å²) < 4.78 is 0. The minimum atomic E-state index is 0.0138. The fourth-order valence-electron chi connectivity index (χ4n) is 1.42. The van der Waals surface area contributed by atoms with Gasteiger partial charge < -0.3 is 5.73 Å². The maximum atomic E-state index is 5.80. The van der Waals surface area contributed by atoms with Crippen LogP contribution in [-0.2, 0) is 12.8 Å². The average Bonchev–Trinajstić information content (AvgIpc) is 2.30. The molecule has 2 N–H and O–H groups in total. The Labute approximate surface area is 98.3 Å². The molecule has 0 aliphatic heterocycles. The van der Waals surface area contributed by atoms with E-state index in [1.807, 2.05) is 12.3 Å². The van der Waals surface area contributed by atoms with E-state index in [4.69, 9.17) is 5.73 Å². The van der Waals surface area contributed by atoms with E-state index in [-0.39, 0.29) is 6.04 Å². The number of rotatable bonds is 4. The lowest BCUT2D eigenvalue weighted by Crippen LogP contribution is -2.16. The molecular formula is C14H20N2. The van der Waals surface area contributed by atoms with E-state index in [9.17, 15) is 0 Å². The van der Waals surface area contributed by atoms with Crippen LogP contribution >= 0.6 is 0 Å². The second kappa shape index (κ2) is 7.03. The van der Waals surface area contributed by atoms with Crippen LogP contribution in [0.5, 0.6) is 0 Å². The number of pyridine rings is 1. The molecule has 0 spiro atoms. The van der Waals surface area contributed by atoms with Gasteiger partial charge in [-0.2, -0.15) is 0 Å². The number of nitrogens with zero attached hydrogens (tertiary/aromatic N) is 1. The maximum absolute atomic E-state index is 5.80. The zero-order valence-electron chi connectivity index (χ0n) is 10.2. The Morgan fingerprint density at radius 3 is 2.75 bits per heavy atom. The first-order valence-electron chi connectivity index (χ1n) is 5.94. The predicted molar refractivity (Wildman–Crippen MR) is 68.0 cm³/mol. The van der Waals surface area contributed by atoms with E-state index in [1.54, 1.807) is 0 Å². The van der Waals surface area contributed by atoms with Gasteiger partial charge in [0.05, 0.1) is 18.2 Å². The first-order valence-corrected chi connectivity index (χ1v) is 5.94. The molecule has 0 fully saturated rings. The molecule has 0 aliphatic rings. The Bertz CT molecular complexity index is 357. The van der Waals surface area contributed by atoms with E-state index in [0.717, 1.165) is 25.0 Å². The van der Waals surface area contributed by atoms with E-state index in [0.29, 0.717) is 6.42 Å². The monoisotopic (exact) mass is 216 g/mol. The minimum Gasteiger partial charge on any atom is -0.318 e. The molecule has 0 aliphatic carbocycles. The lowest BCUT2D eigenvalue weighted by molar-refractivity contribution is 0.720. The summed E-state index contributed by atoms with van der Waals surface area (Å²) in [6.07, 6.45) is 5.69. The SMILES string of the molecule is CCCC(N)C#CCc1ccc(CC)cn1. The summed E-state index contributed by atoms with van der Waals surface area (Å²) in [7, 11) is 0. The smallest absolute Gasteiger partial charge is 0.0664 e. The molecule has 1 aromatic heterocycles. The Morgan fingerprint density at radius 1 is 1.38 bits per heavy atom. The van der Waals surface area contributed by atoms with Gasteiger partial charge in [-0.3, -0.25) is 4.98 Å². The maximum Gasteiger partial charge on any atom is 0.0664 e. The molecule has 1 unspecified atom stereocenters. The molecule has 0 bridgehead atoms. The molecule has 0 amide bonds. The second-order valence-corrected chi connectivity index (χ2v) is 3.90. The van der Waals surface area contributed by atoms with Gasteiger partial charge in [0.15, 0.2) is 0 Å². The Kier molecular flexibility index (Phi) is 5.60. The van der Waals surface area contributed by atoms with Crippen LogP contribution in [0.2, 0.25) is 0 Å². The van der Waals surface area contributed by atoms with Crippen LogP contribution in [0, 0.1) is 11.8 Å². The van der Waals surface area contributed by atoms with Gasteiger partial charge in [-0.05, 0) is 24.5 Å². The molecule has 0 radical (unpaired) electrons. The summed E-state index contributed by atoms with van der Waals surface area (Å²) in [4.78, 5) is 4.35. The van der Waals surface area contributed by atoms with Gasteiger partial charge in [0.25, 0.3) is 0 Å². The van der Waals surface area contributed by atoms with Crippen LogP contribution in [0.4, 0.5) is 0 Å². The third-order valence-corrected chi connectivity index (χ3v) is 2.45. The first-order chi connectivity index (χ1) is 7.76. The summed E-state index contributed by atoms with van der Waals surface area (Å²) in [6.45, 7) is 4.24. The fraction of sp³-hybridized carbons (Fsp3) is 0.500. The number of nitrogens with two attached hydrogens (primary N) is 1. The van der Waals surface area contributed by atoms with Gasteiger partial charge >= 0.3 is 0 Å². The van der Waals surface area contributed by atoms with Gasteiger partial charge in [0.2, 0.25) is 0 Å². The highest BCUT2D eigenvalue weighted by atomic mass is 14.7. The third-order valence-electron chi connectivity index (χ3n) is 2.45. The molecule has 1 aromatic rings. The summed E-state index contributed by atoms with van der Waals surface area (Å²) in [6, 6.07) is 4.16. The predicted octanol–water partition coefficient (Wildman–Crippen LogP) is 2.32. The molecule has 1 heterocycles. The van der Waals surface area contributed by atoms with Crippen molar-refractivity contribution in [1.29, 1.82) is 0 Å². The quantitative estimate of drug-likeness (QED) is 0.784. The summed E-state index contributed by atoms with van der Waals surface area (Å²) in [5.74, 6) is 6.13. The van der Waals surface area contributed by atoms with Crippen LogP contribution in [0.3, 0.4) is 0 Å². The minimum absolute atomic E-state index is 0.0138. The molecule has 1 rings (SSSR count). The highest BCUT2D eigenvalue weighted by Crippen LogP contribution is 2.01. The van der Waals surface area contributed by atoms with Crippen molar-refractivity contribution in [3.63, 3.8) is 0 Å². The highest BCUT2D eigenvalue weighted by Gasteiger charge is 1.94. The first kappa shape index (κ1) is 12.7. The molecular weight excluding hydrogens is 196 g/mol. The molecule has 2 heteroatoms. The van der Waals surface area contributed by atoms with Gasteiger partial charge in [0.1, 0.15) is 0 Å². The van der Waals surface area contributed by atoms with E-state index in [2.05, 4.69) is 36.7 Å². The summed E-state index contributed by atoms with van der Waals surface area (Å²) in [5, 5.41) is 0. The Morgan fingerprint density at radius 2 is 2.19 bits per heavy atom. The Balaban J connectivity index is 2.47. The molecule has 16 heavy (non-hydrogen) atoms. The number of hydrogen-bond acceptors (Lipinski definition) is 2. The number of hydrogen-bond donors (Lipinski definition) is 1. The van der Waals surface area contributed by atoms with Crippen LogP contribution in [0.25, 0.3) is 0 Å². The van der Waals surface area contributed by atoms with E-state index in [1.165, 1.54) is 5.56 Å². The van der Waals surface area contributed by atoms with Gasteiger partial charge in [0, 0.05) is 6.20 Å². The van der Waals surface area contributed by atoms with Crippen molar-refractivity contribution in [2.24, 2.45) is 5.73 Å². The molecule has 0 aromatic carbocycles. The van der Waals surface area contributed by atoms with Crippen molar-refractivity contribution in [1.82, 2.24) is 4.98 Å². The van der Waals surface area contributed by atoms with Crippen LogP contribution in [0.1, 0.15) is 37.9 Å². The van der Waals surface area contributed by atoms with E-state index < -0.39 is 0 Å². The molecule has 0 saturated heterocycles. The van der Waals surface area contributed by atoms with E-state index >= 15 is 0 Å². The average molecular weight is 216 g/mol. The van der Waals surface area contributed by atoms with Crippen molar-refractivity contribution in [2.45, 2.75) is 45.6 Å². The van der Waals surface area contributed by atoms with Crippen molar-refractivity contribution < 1.29 is 0 Å². The third kappa shape index (κ3) is 4.46. The van der Waals surface area contributed by atoms with Crippen molar-refractivity contribution in [3.05, 3.63) is 29.6 Å². The van der Waals surface area contributed by atoms with Crippen molar-refractivity contribution >= 4 is 0 Å². The molecule has 86 valence electrons. The lowest BCUT2D eigenvalue weighted by Gasteiger charge is -1.99. The van der Waals surface area contributed by atoms with Crippen molar-refractivity contribution in [2.75, 3.05) is 0 Å². The van der Waals surface area contributed by atoms with Crippen molar-refractivity contribution in [3.8, 4) is 11.8 Å². The lowest BCUT2D eigenvalue weighted by atomic mass is 10.1. The number of aromatic nitrogens is 1. The van der Waals surface area contributed by atoms with Crippen LogP contribution in [0.15, 0.2) is 18.3 Å². The van der Waals surface area contributed by atoms with Crippen LogP contribution < -0.4 is 5.73 Å². The highest BCUT2D eigenvalue weighted by molar-refractivity contribution is 5.19. The Hall–Kier alpha value is -1.33. The summed E-state index contributed by atoms with van der Waals surface area (Å²) in [5.41, 5.74) is 8.08. The van der Waals surface area contributed by atoms with Gasteiger partial charge in [-0.1, -0.05) is 38.2 Å². The number of aryl methyl sites for hydroxylation is 1. The standard InChI is InChI=1S/C14H20N2/c1-3-6-13(15)7-5-8-14-10-9-12(4-2)11-16-14/h9-11,13H,3-4,6,8,15H2,1-2H3. The molecule has 1 atom stereocenters. The van der Waals surface area contributed by atoms with Gasteiger partial charge in [-0.15, -0.1) is 0 Å². The normalized spacial score (nSPS) is 11.7. The van der Waals surface area contributed by atoms with Gasteiger partial charge in [-0.25, -0.2) is 0 Å². The second-order valence-electron chi connectivity index (χ2n) is 3.90. The molecule has 0 saturated carbocycles. The zero-order chi connectivity index (χ0) is 11.8. The summed E-state index contributed by atoms with van der Waals surface area (Å²) >= 11 is 0. The molecule has 2 nitrogen and oxygen atoms in total.